The molecule has 0 fully saturated rings. The smallest absolute Gasteiger partial charge is 0.411 e. The van der Waals surface area contributed by atoms with Crippen LogP contribution in [-0.2, 0) is 17.8 Å². The van der Waals surface area contributed by atoms with E-state index in [0.29, 0.717) is 18.8 Å². The van der Waals surface area contributed by atoms with Gasteiger partial charge in [0.2, 0.25) is 0 Å². The topological polar surface area (TPSA) is 92.6 Å². The zero-order valence-corrected chi connectivity index (χ0v) is 21.7. The molecule has 0 saturated carbocycles. The van der Waals surface area contributed by atoms with E-state index in [0.717, 1.165) is 40.7 Å². The van der Waals surface area contributed by atoms with E-state index < -0.39 is 6.09 Å². The van der Waals surface area contributed by atoms with E-state index in [4.69, 9.17) is 0 Å². The average molecular weight is 562 g/mol. The van der Waals surface area contributed by atoms with Gasteiger partial charge in [0.15, 0.2) is 5.96 Å². The highest BCUT2D eigenvalue weighted by Gasteiger charge is 2.09. The van der Waals surface area contributed by atoms with Crippen LogP contribution in [0.1, 0.15) is 29.4 Å². The summed E-state index contributed by atoms with van der Waals surface area (Å²) in [4.78, 5) is 16.0. The molecule has 1 aromatic heterocycles. The third-order valence-corrected chi connectivity index (χ3v) is 4.83. The Morgan fingerprint density at radius 2 is 1.82 bits per heavy atom. The summed E-state index contributed by atoms with van der Waals surface area (Å²) in [5.41, 5.74) is 5.97. The van der Waals surface area contributed by atoms with Crippen LogP contribution in [0.5, 0.6) is 0 Å². The lowest BCUT2D eigenvalue weighted by molar-refractivity contribution is 0.187. The van der Waals surface area contributed by atoms with E-state index in [-0.39, 0.29) is 24.0 Å². The maximum Gasteiger partial charge on any atom is 0.411 e. The quantitative estimate of drug-likeness (QED) is 0.224. The van der Waals surface area contributed by atoms with Crippen LogP contribution in [0.4, 0.5) is 10.5 Å². The van der Waals surface area contributed by atoms with Crippen LogP contribution in [0.2, 0.25) is 0 Å². The van der Waals surface area contributed by atoms with E-state index in [1.54, 1.807) is 0 Å². The number of rotatable bonds is 7. The minimum absolute atomic E-state index is 0. The Balaban J connectivity index is 0.00000385. The summed E-state index contributed by atoms with van der Waals surface area (Å²) < 4.78 is 6.58. The molecule has 176 valence electrons. The lowest BCUT2D eigenvalue weighted by Crippen LogP contribution is -2.37. The summed E-state index contributed by atoms with van der Waals surface area (Å²) in [5, 5.41) is 14.0. The Labute approximate surface area is 211 Å². The predicted molar refractivity (Wildman–Crippen MR) is 143 cm³/mol. The number of anilines is 1. The standard InChI is InChI=1S/C24H30N6O2.HI/c1-5-25-23(26-15-19-10-12-21(13-11-19)28-24(31)32-4)27-16-20-8-6-7-9-22(20)30-18(3)14-17(2)29-30;/h6-14H,5,15-16H2,1-4H3,(H,28,31)(H2,25,26,27);1H. The van der Waals surface area contributed by atoms with Crippen molar-refractivity contribution in [1.82, 2.24) is 20.4 Å². The van der Waals surface area contributed by atoms with Gasteiger partial charge < -0.3 is 15.4 Å². The third kappa shape index (κ3) is 7.48. The molecular formula is C24H31IN6O2. The molecule has 0 bridgehead atoms. The van der Waals surface area contributed by atoms with E-state index in [9.17, 15) is 4.79 Å². The van der Waals surface area contributed by atoms with Crippen molar-refractivity contribution < 1.29 is 9.53 Å². The number of methoxy groups -OCH3 is 1. The van der Waals surface area contributed by atoms with Crippen LogP contribution in [0, 0.1) is 13.8 Å². The van der Waals surface area contributed by atoms with E-state index >= 15 is 0 Å². The molecule has 0 atom stereocenters. The van der Waals surface area contributed by atoms with Crippen molar-refractivity contribution in [3.05, 3.63) is 77.1 Å². The van der Waals surface area contributed by atoms with Crippen LogP contribution >= 0.6 is 24.0 Å². The summed E-state index contributed by atoms with van der Waals surface area (Å²) in [6, 6.07) is 17.8. The molecule has 9 heteroatoms. The molecule has 0 aliphatic heterocycles. The Kier molecular flexibility index (Phi) is 10.2. The summed E-state index contributed by atoms with van der Waals surface area (Å²) in [6.45, 7) is 7.97. The second-order valence-corrected chi connectivity index (χ2v) is 7.33. The van der Waals surface area contributed by atoms with Gasteiger partial charge in [0.25, 0.3) is 0 Å². The predicted octanol–water partition coefficient (Wildman–Crippen LogP) is 4.54. The van der Waals surface area contributed by atoms with Crippen molar-refractivity contribution in [3.8, 4) is 5.69 Å². The van der Waals surface area contributed by atoms with E-state index in [1.165, 1.54) is 7.11 Å². The minimum atomic E-state index is -0.491. The molecule has 1 amide bonds. The molecule has 0 radical (unpaired) electrons. The van der Waals surface area contributed by atoms with Gasteiger partial charge in [-0.05, 0) is 56.2 Å². The number of guanidine groups is 1. The lowest BCUT2D eigenvalue weighted by atomic mass is 10.1. The zero-order valence-electron chi connectivity index (χ0n) is 19.4. The first-order valence-corrected chi connectivity index (χ1v) is 10.6. The number of amides is 1. The Morgan fingerprint density at radius 1 is 1.09 bits per heavy atom. The highest BCUT2D eigenvalue weighted by molar-refractivity contribution is 14.0. The van der Waals surface area contributed by atoms with Gasteiger partial charge in [0.05, 0.1) is 25.0 Å². The van der Waals surface area contributed by atoms with Gasteiger partial charge in [0, 0.05) is 24.5 Å². The van der Waals surface area contributed by atoms with Gasteiger partial charge in [-0.3, -0.25) is 5.32 Å². The number of nitrogens with one attached hydrogen (secondary N) is 3. The number of para-hydroxylation sites is 1. The first-order valence-electron chi connectivity index (χ1n) is 10.6. The fourth-order valence-electron chi connectivity index (χ4n) is 3.29. The number of benzene rings is 2. The van der Waals surface area contributed by atoms with Crippen molar-refractivity contribution in [2.75, 3.05) is 19.0 Å². The highest BCUT2D eigenvalue weighted by atomic mass is 127. The molecule has 8 nitrogen and oxygen atoms in total. The summed E-state index contributed by atoms with van der Waals surface area (Å²) in [6.07, 6.45) is -0.491. The van der Waals surface area contributed by atoms with Crippen LogP contribution < -0.4 is 16.0 Å². The number of hydrogen-bond donors (Lipinski definition) is 3. The highest BCUT2D eigenvalue weighted by Crippen LogP contribution is 2.17. The lowest BCUT2D eigenvalue weighted by Gasteiger charge is -2.15. The second kappa shape index (κ2) is 12.8. The number of ether oxygens (including phenoxy) is 1. The zero-order chi connectivity index (χ0) is 22.9. The summed E-state index contributed by atoms with van der Waals surface area (Å²) >= 11 is 0. The number of nitrogens with zero attached hydrogens (tertiary/aromatic N) is 3. The Morgan fingerprint density at radius 3 is 2.45 bits per heavy atom. The first-order chi connectivity index (χ1) is 15.5. The molecule has 3 N–H and O–H groups in total. The molecule has 2 aromatic carbocycles. The SMILES string of the molecule is CCNC(=NCc1ccc(NC(=O)OC)cc1)NCc1ccccc1-n1nc(C)cc1C.I. The molecule has 3 rings (SSSR count). The summed E-state index contributed by atoms with van der Waals surface area (Å²) in [5.74, 6) is 0.729. The van der Waals surface area contributed by atoms with E-state index in [1.807, 2.05) is 54.9 Å². The molecular weight excluding hydrogens is 531 g/mol. The van der Waals surface area contributed by atoms with Gasteiger partial charge in [-0.1, -0.05) is 30.3 Å². The number of carbonyl (C=O) groups excluding carboxylic acids is 1. The van der Waals surface area contributed by atoms with Gasteiger partial charge in [0.1, 0.15) is 0 Å². The van der Waals surface area contributed by atoms with Gasteiger partial charge in [-0.25, -0.2) is 14.5 Å². The molecule has 3 aromatic rings. The first kappa shape index (κ1) is 26.2. The molecule has 0 aliphatic carbocycles. The van der Waals surface area contributed by atoms with E-state index in [2.05, 4.69) is 55.9 Å². The van der Waals surface area contributed by atoms with Crippen molar-refractivity contribution in [1.29, 1.82) is 0 Å². The summed E-state index contributed by atoms with van der Waals surface area (Å²) in [7, 11) is 1.34. The fourth-order valence-corrected chi connectivity index (χ4v) is 3.29. The third-order valence-electron chi connectivity index (χ3n) is 4.83. The normalized spacial score (nSPS) is 10.8. The molecule has 0 saturated heterocycles. The van der Waals surface area contributed by atoms with Crippen LogP contribution in [-0.4, -0.2) is 35.5 Å². The Hall–Kier alpha value is -3.08. The van der Waals surface area contributed by atoms with Gasteiger partial charge in [-0.2, -0.15) is 5.10 Å². The van der Waals surface area contributed by atoms with Crippen molar-refractivity contribution in [2.24, 2.45) is 4.99 Å². The second-order valence-electron chi connectivity index (χ2n) is 7.33. The molecule has 1 heterocycles. The molecule has 0 spiro atoms. The molecule has 0 unspecified atom stereocenters. The monoisotopic (exact) mass is 562 g/mol. The number of aliphatic imine (C=N–C) groups is 1. The molecule has 0 aliphatic rings. The largest absolute Gasteiger partial charge is 0.453 e. The van der Waals surface area contributed by atoms with Crippen molar-refractivity contribution in [3.63, 3.8) is 0 Å². The van der Waals surface area contributed by atoms with Gasteiger partial charge in [-0.15, -0.1) is 24.0 Å². The van der Waals surface area contributed by atoms with Crippen LogP contribution in [0.3, 0.4) is 0 Å². The average Bonchev–Trinajstić information content (AvgIpc) is 3.14. The number of aryl methyl sites for hydroxylation is 2. The minimum Gasteiger partial charge on any atom is -0.453 e. The number of carbonyl (C=O) groups is 1. The number of aromatic nitrogens is 2. The maximum atomic E-state index is 11.3. The van der Waals surface area contributed by atoms with Crippen LogP contribution in [0.25, 0.3) is 5.69 Å². The molecule has 33 heavy (non-hydrogen) atoms. The number of halogens is 1. The van der Waals surface area contributed by atoms with Crippen molar-refractivity contribution >= 4 is 41.7 Å². The fraction of sp³-hybridized carbons (Fsp3) is 0.292. The maximum absolute atomic E-state index is 11.3. The number of hydrogen-bond acceptors (Lipinski definition) is 4. The van der Waals surface area contributed by atoms with Crippen LogP contribution in [0.15, 0.2) is 59.6 Å². The van der Waals surface area contributed by atoms with Crippen molar-refractivity contribution in [2.45, 2.75) is 33.9 Å². The Bertz CT molecular complexity index is 1080. The van der Waals surface area contributed by atoms with Gasteiger partial charge >= 0.3 is 6.09 Å².